The van der Waals surface area contributed by atoms with Gasteiger partial charge in [0.25, 0.3) is 11.2 Å². The second kappa shape index (κ2) is 13.8. The Balaban J connectivity index is 1.39. The fourth-order valence-electron chi connectivity index (χ4n) is 5.18. The zero-order valence-corrected chi connectivity index (χ0v) is 28.5. The molecule has 1 atom stereocenters. The number of hydrogen-bond acceptors (Lipinski definition) is 11. The molecule has 48 heavy (non-hydrogen) atoms. The van der Waals surface area contributed by atoms with Gasteiger partial charge in [0, 0.05) is 22.2 Å². The number of allylic oxidation sites excluding steroid dienone is 1. The summed E-state index contributed by atoms with van der Waals surface area (Å²) in [7, 11) is 1.51. The van der Waals surface area contributed by atoms with Crippen molar-refractivity contribution in [2.75, 3.05) is 13.7 Å². The molecule has 1 aliphatic rings. The van der Waals surface area contributed by atoms with Gasteiger partial charge in [-0.2, -0.15) is 0 Å². The normalized spacial score (nSPS) is 14.4. The van der Waals surface area contributed by atoms with E-state index in [-0.39, 0.29) is 32.5 Å². The molecule has 0 radical (unpaired) electrons. The molecule has 0 aliphatic carbocycles. The molecular weight excluding hydrogens is 699 g/mol. The topological polar surface area (TPSA) is 155 Å². The molecule has 16 heteroatoms. The highest BCUT2D eigenvalue weighted by atomic mass is 35.5. The number of carbonyl (C=O) groups excluding carboxylic acids is 1. The maximum Gasteiger partial charge on any atom is 0.338 e. The fourth-order valence-corrected chi connectivity index (χ4v) is 7.52. The predicted molar refractivity (Wildman–Crippen MR) is 182 cm³/mol. The summed E-state index contributed by atoms with van der Waals surface area (Å²) in [4.78, 5) is 48.5. The Morgan fingerprint density at radius 3 is 2.71 bits per heavy atom. The monoisotopic (exact) mass is 722 g/mol. The number of nitrogens with one attached hydrogen (secondary N) is 1. The Bertz CT molecular complexity index is 2320. The van der Waals surface area contributed by atoms with Gasteiger partial charge in [-0.3, -0.25) is 24.6 Å². The molecule has 0 spiro atoms. The number of hydrogen-bond donors (Lipinski definition) is 1. The van der Waals surface area contributed by atoms with Crippen LogP contribution in [0.1, 0.15) is 31.0 Å². The molecule has 3 heterocycles. The Kier molecular flexibility index (Phi) is 9.51. The fraction of sp³-hybridized carbons (Fsp3) is 0.156. The minimum Gasteiger partial charge on any atom is -0.496 e. The molecule has 1 aliphatic heterocycles. The average Bonchev–Trinajstić information content (AvgIpc) is 3.64. The second-order valence-electron chi connectivity index (χ2n) is 10.2. The number of methoxy groups -OCH3 is 1. The Labute approximate surface area is 290 Å². The molecule has 0 saturated heterocycles. The largest absolute Gasteiger partial charge is 0.496 e. The lowest BCUT2D eigenvalue weighted by molar-refractivity contribution is -0.387. The number of nitro benzene ring substituents is 1. The van der Waals surface area contributed by atoms with Gasteiger partial charge in [-0.05, 0) is 67.6 Å². The third-order valence-corrected chi connectivity index (χ3v) is 9.74. The smallest absolute Gasteiger partial charge is 0.338 e. The first-order valence-corrected chi connectivity index (χ1v) is 16.6. The molecule has 1 N–H and O–H groups in total. The number of rotatable bonds is 9. The van der Waals surface area contributed by atoms with Gasteiger partial charge in [0.1, 0.15) is 11.8 Å². The van der Waals surface area contributed by atoms with Crippen LogP contribution in [0.15, 0.2) is 91.8 Å². The number of ether oxygens (including phenoxy) is 2. The molecule has 0 bridgehead atoms. The third-order valence-electron chi connectivity index (χ3n) is 7.28. The van der Waals surface area contributed by atoms with Gasteiger partial charge >= 0.3 is 5.97 Å². The van der Waals surface area contributed by atoms with E-state index in [2.05, 4.69) is 20.2 Å². The first kappa shape index (κ1) is 33.2. The number of aromatic amines is 1. The predicted octanol–water partition coefficient (Wildman–Crippen LogP) is 5.96. The molecule has 3 aromatic carbocycles. The number of esters is 1. The number of fused-ring (bicyclic) bond motifs is 1. The van der Waals surface area contributed by atoms with Crippen molar-refractivity contribution < 1.29 is 19.2 Å². The molecule has 5 aromatic rings. The summed E-state index contributed by atoms with van der Waals surface area (Å²) < 4.78 is 12.6. The van der Waals surface area contributed by atoms with Gasteiger partial charge in [0.05, 0.1) is 44.4 Å². The van der Waals surface area contributed by atoms with Gasteiger partial charge in [0.2, 0.25) is 5.16 Å². The van der Waals surface area contributed by atoms with E-state index in [9.17, 15) is 19.7 Å². The number of nitro groups is 1. The van der Waals surface area contributed by atoms with Crippen molar-refractivity contribution in [3.63, 3.8) is 0 Å². The van der Waals surface area contributed by atoms with Gasteiger partial charge in [-0.1, -0.05) is 58.8 Å². The number of aromatic nitrogens is 4. The molecular formula is C32H24Cl2N6O6S2. The number of benzene rings is 3. The Morgan fingerprint density at radius 1 is 1.19 bits per heavy atom. The van der Waals surface area contributed by atoms with Crippen molar-refractivity contribution in [3.05, 3.63) is 123 Å². The Morgan fingerprint density at radius 2 is 1.98 bits per heavy atom. The van der Waals surface area contributed by atoms with Crippen LogP contribution in [0.2, 0.25) is 10.0 Å². The first-order chi connectivity index (χ1) is 23.1. The van der Waals surface area contributed by atoms with Crippen molar-refractivity contribution in [1.82, 2.24) is 19.7 Å². The second-order valence-corrected chi connectivity index (χ2v) is 13.1. The summed E-state index contributed by atoms with van der Waals surface area (Å²) in [5, 5.41) is 20.2. The summed E-state index contributed by atoms with van der Waals surface area (Å²) in [6.45, 7) is 3.52. The van der Waals surface area contributed by atoms with Crippen molar-refractivity contribution in [2.24, 2.45) is 4.99 Å². The summed E-state index contributed by atoms with van der Waals surface area (Å²) in [5.41, 5.74) is 1.55. The molecule has 244 valence electrons. The standard InChI is InChI=1S/C32H24Cl2N6O6S2/c1-4-46-30(42)26-16(2)35-32-39(27(26)20-7-5-6-8-23(20)45-3)29(41)25(48-32)14-17-9-12-24(22(13-17)40(43)44)47-31-36-28(37-38-31)19-11-10-18(33)15-21(19)34/h5-15,27H,4H2,1-3H3,(H,36,37,38)/b25-14+/t27-/m1/s1. The molecule has 2 aromatic heterocycles. The van der Waals surface area contributed by atoms with Gasteiger partial charge < -0.3 is 9.47 Å². The summed E-state index contributed by atoms with van der Waals surface area (Å²) in [5.74, 6) is 0.260. The van der Waals surface area contributed by atoms with Crippen LogP contribution < -0.4 is 19.6 Å². The van der Waals surface area contributed by atoms with Crippen molar-refractivity contribution in [2.45, 2.75) is 29.9 Å². The van der Waals surface area contributed by atoms with E-state index in [0.717, 1.165) is 23.1 Å². The van der Waals surface area contributed by atoms with Crippen LogP contribution in [0, 0.1) is 10.1 Å². The van der Waals surface area contributed by atoms with Crippen LogP contribution in [0.3, 0.4) is 0 Å². The number of thiazole rings is 1. The minimum absolute atomic E-state index is 0.139. The Hall–Kier alpha value is -4.76. The highest BCUT2D eigenvalue weighted by Gasteiger charge is 2.35. The maximum absolute atomic E-state index is 14.0. The number of halogens is 2. The lowest BCUT2D eigenvalue weighted by Gasteiger charge is -2.25. The van der Waals surface area contributed by atoms with Crippen LogP contribution in [0.5, 0.6) is 5.75 Å². The van der Waals surface area contributed by atoms with E-state index in [1.807, 2.05) is 0 Å². The minimum atomic E-state index is -0.874. The van der Waals surface area contributed by atoms with Crippen molar-refractivity contribution >= 4 is 64.0 Å². The van der Waals surface area contributed by atoms with Crippen molar-refractivity contribution in [3.8, 4) is 17.1 Å². The highest BCUT2D eigenvalue weighted by molar-refractivity contribution is 7.99. The van der Waals surface area contributed by atoms with Gasteiger partial charge in [-0.15, -0.1) is 5.10 Å². The van der Waals surface area contributed by atoms with Crippen LogP contribution in [0.4, 0.5) is 5.69 Å². The SMILES string of the molecule is CCOC(=O)C1=C(C)N=c2s/c(=C/c3ccc(Sc4n[nH]c(-c5ccc(Cl)cc5Cl)n4)c([N+](=O)[O-])c3)c(=O)n2[C@@H]1c1ccccc1OC. The number of nitrogens with zero attached hydrogens (tertiary/aromatic N) is 5. The summed E-state index contributed by atoms with van der Waals surface area (Å²) in [6.07, 6.45) is 1.56. The molecule has 12 nitrogen and oxygen atoms in total. The lowest BCUT2D eigenvalue weighted by Crippen LogP contribution is -2.40. The lowest BCUT2D eigenvalue weighted by atomic mass is 9.95. The zero-order chi connectivity index (χ0) is 34.1. The molecule has 0 saturated carbocycles. The van der Waals surface area contributed by atoms with Crippen LogP contribution in [0.25, 0.3) is 17.5 Å². The van der Waals surface area contributed by atoms with E-state index in [1.54, 1.807) is 74.5 Å². The number of para-hydroxylation sites is 1. The van der Waals surface area contributed by atoms with Crippen LogP contribution in [-0.2, 0) is 9.53 Å². The van der Waals surface area contributed by atoms with Crippen LogP contribution >= 0.6 is 46.3 Å². The van der Waals surface area contributed by atoms with E-state index in [1.165, 1.54) is 17.7 Å². The summed E-state index contributed by atoms with van der Waals surface area (Å²) in [6, 6.07) is 15.8. The third kappa shape index (κ3) is 6.39. The van der Waals surface area contributed by atoms with Crippen molar-refractivity contribution in [1.29, 1.82) is 0 Å². The van der Waals surface area contributed by atoms with E-state index in [4.69, 9.17) is 32.7 Å². The average molecular weight is 724 g/mol. The van der Waals surface area contributed by atoms with E-state index in [0.29, 0.717) is 48.8 Å². The molecule has 6 rings (SSSR count). The van der Waals surface area contributed by atoms with E-state index >= 15 is 0 Å². The van der Waals surface area contributed by atoms with E-state index < -0.39 is 22.5 Å². The molecule has 0 unspecified atom stereocenters. The molecule has 0 amide bonds. The van der Waals surface area contributed by atoms with Gasteiger partial charge in [-0.25, -0.2) is 14.8 Å². The zero-order valence-electron chi connectivity index (χ0n) is 25.4. The summed E-state index contributed by atoms with van der Waals surface area (Å²) >= 11 is 14.4. The first-order valence-electron chi connectivity index (χ1n) is 14.3. The number of carbonyl (C=O) groups is 1. The van der Waals surface area contributed by atoms with Gasteiger partial charge in [0.15, 0.2) is 10.6 Å². The molecule has 0 fully saturated rings. The highest BCUT2D eigenvalue weighted by Crippen LogP contribution is 2.37. The quantitative estimate of drug-likeness (QED) is 0.110. The maximum atomic E-state index is 14.0. The number of H-pyrrole nitrogens is 1. The van der Waals surface area contributed by atoms with Crippen LogP contribution in [-0.4, -0.2) is 44.4 Å².